The molecule has 0 radical (unpaired) electrons. The van der Waals surface area contributed by atoms with Gasteiger partial charge in [0.15, 0.2) is 0 Å². The molecule has 0 amide bonds. The molecule has 0 saturated carbocycles. The number of benzene rings is 1. The molecule has 0 aromatic heterocycles. The van der Waals surface area contributed by atoms with E-state index in [-0.39, 0.29) is 6.04 Å². The SMILES string of the molecule is C=C(C)C[C@@H](N)c1cc(C)cc(C)c1. The lowest BCUT2D eigenvalue weighted by Gasteiger charge is -2.13. The minimum absolute atomic E-state index is 0.0890. The van der Waals surface area contributed by atoms with Gasteiger partial charge in [0.25, 0.3) is 0 Å². The summed E-state index contributed by atoms with van der Waals surface area (Å²) in [6.07, 6.45) is 0.864. The van der Waals surface area contributed by atoms with Crippen LogP contribution in [0.4, 0.5) is 0 Å². The Balaban J connectivity index is 2.89. The van der Waals surface area contributed by atoms with Gasteiger partial charge < -0.3 is 5.73 Å². The summed E-state index contributed by atoms with van der Waals surface area (Å²) in [4.78, 5) is 0. The molecule has 14 heavy (non-hydrogen) atoms. The van der Waals surface area contributed by atoms with Gasteiger partial charge in [0.1, 0.15) is 0 Å². The predicted octanol–water partition coefficient (Wildman–Crippen LogP) is 3.27. The van der Waals surface area contributed by atoms with E-state index < -0.39 is 0 Å². The molecule has 2 N–H and O–H groups in total. The lowest BCUT2D eigenvalue weighted by atomic mass is 9.98. The van der Waals surface area contributed by atoms with Crippen molar-refractivity contribution in [3.8, 4) is 0 Å². The normalized spacial score (nSPS) is 12.6. The average Bonchev–Trinajstić information content (AvgIpc) is 2.00. The lowest BCUT2D eigenvalue weighted by molar-refractivity contribution is 0.715. The van der Waals surface area contributed by atoms with Crippen LogP contribution in [0.25, 0.3) is 0 Å². The maximum Gasteiger partial charge on any atom is 0.0332 e. The molecule has 1 aromatic carbocycles. The zero-order valence-corrected chi connectivity index (χ0v) is 9.30. The summed E-state index contributed by atoms with van der Waals surface area (Å²) in [5, 5.41) is 0. The summed E-state index contributed by atoms with van der Waals surface area (Å²) < 4.78 is 0. The van der Waals surface area contributed by atoms with Crippen LogP contribution in [0, 0.1) is 13.8 Å². The van der Waals surface area contributed by atoms with E-state index in [4.69, 9.17) is 5.73 Å². The largest absolute Gasteiger partial charge is 0.324 e. The molecular formula is C13H19N. The number of rotatable bonds is 3. The zero-order chi connectivity index (χ0) is 10.7. The third-order valence-electron chi connectivity index (χ3n) is 2.24. The summed E-state index contributed by atoms with van der Waals surface area (Å²) in [6, 6.07) is 6.56. The summed E-state index contributed by atoms with van der Waals surface area (Å²) in [5.74, 6) is 0. The summed E-state index contributed by atoms with van der Waals surface area (Å²) >= 11 is 0. The van der Waals surface area contributed by atoms with Crippen molar-refractivity contribution in [3.05, 3.63) is 47.0 Å². The predicted molar refractivity (Wildman–Crippen MR) is 62.3 cm³/mol. The molecule has 0 aliphatic heterocycles. The van der Waals surface area contributed by atoms with E-state index in [0.717, 1.165) is 12.0 Å². The molecule has 76 valence electrons. The molecule has 0 aliphatic rings. The summed E-state index contributed by atoms with van der Waals surface area (Å²) in [7, 11) is 0. The Morgan fingerprint density at radius 1 is 1.29 bits per heavy atom. The second-order valence-electron chi connectivity index (χ2n) is 4.19. The fourth-order valence-electron chi connectivity index (χ4n) is 1.72. The molecule has 0 unspecified atom stereocenters. The molecule has 0 fully saturated rings. The van der Waals surface area contributed by atoms with Gasteiger partial charge in [-0.05, 0) is 32.8 Å². The zero-order valence-electron chi connectivity index (χ0n) is 9.30. The van der Waals surface area contributed by atoms with Crippen molar-refractivity contribution in [2.24, 2.45) is 5.73 Å². The van der Waals surface area contributed by atoms with Gasteiger partial charge in [0, 0.05) is 6.04 Å². The smallest absolute Gasteiger partial charge is 0.0332 e. The molecule has 1 heteroatoms. The van der Waals surface area contributed by atoms with Crippen molar-refractivity contribution in [1.29, 1.82) is 0 Å². The van der Waals surface area contributed by atoms with Gasteiger partial charge in [0.2, 0.25) is 0 Å². The van der Waals surface area contributed by atoms with E-state index in [1.807, 2.05) is 6.92 Å². The highest BCUT2D eigenvalue weighted by Gasteiger charge is 2.06. The first-order chi connectivity index (χ1) is 6.49. The van der Waals surface area contributed by atoms with Crippen molar-refractivity contribution in [2.45, 2.75) is 33.2 Å². The number of hydrogen-bond donors (Lipinski definition) is 1. The Bertz CT molecular complexity index is 319. The van der Waals surface area contributed by atoms with Crippen LogP contribution >= 0.6 is 0 Å². The standard InChI is InChI=1S/C13H19N/c1-9(2)5-13(14)12-7-10(3)6-11(4)8-12/h6-8,13H,1,5,14H2,2-4H3/t13-/m1/s1. The topological polar surface area (TPSA) is 26.0 Å². The summed E-state index contributed by atoms with van der Waals surface area (Å²) in [6.45, 7) is 10.1. The third kappa shape index (κ3) is 3.00. The van der Waals surface area contributed by atoms with Crippen molar-refractivity contribution >= 4 is 0 Å². The average molecular weight is 189 g/mol. The molecule has 0 bridgehead atoms. The number of aryl methyl sites for hydroxylation is 2. The fourth-order valence-corrected chi connectivity index (χ4v) is 1.72. The van der Waals surface area contributed by atoms with Gasteiger partial charge in [-0.2, -0.15) is 0 Å². The van der Waals surface area contributed by atoms with E-state index in [9.17, 15) is 0 Å². The van der Waals surface area contributed by atoms with Gasteiger partial charge in [-0.15, -0.1) is 6.58 Å². The van der Waals surface area contributed by atoms with Crippen LogP contribution in [0.2, 0.25) is 0 Å². The fraction of sp³-hybridized carbons (Fsp3) is 0.385. The second kappa shape index (κ2) is 4.43. The Labute approximate surface area is 86.6 Å². The van der Waals surface area contributed by atoms with E-state index in [1.165, 1.54) is 16.7 Å². The van der Waals surface area contributed by atoms with Gasteiger partial charge in [-0.1, -0.05) is 34.9 Å². The minimum Gasteiger partial charge on any atom is -0.324 e. The highest BCUT2D eigenvalue weighted by Crippen LogP contribution is 2.20. The van der Waals surface area contributed by atoms with Gasteiger partial charge in [0.05, 0.1) is 0 Å². The van der Waals surface area contributed by atoms with Gasteiger partial charge >= 0.3 is 0 Å². The highest BCUT2D eigenvalue weighted by atomic mass is 14.6. The second-order valence-corrected chi connectivity index (χ2v) is 4.19. The van der Waals surface area contributed by atoms with Crippen molar-refractivity contribution in [2.75, 3.05) is 0 Å². The quantitative estimate of drug-likeness (QED) is 0.726. The Kier molecular flexibility index (Phi) is 3.48. The molecule has 1 nitrogen and oxygen atoms in total. The van der Waals surface area contributed by atoms with Crippen LogP contribution in [-0.4, -0.2) is 0 Å². The third-order valence-corrected chi connectivity index (χ3v) is 2.24. The molecule has 0 saturated heterocycles. The minimum atomic E-state index is 0.0890. The van der Waals surface area contributed by atoms with Crippen LogP contribution in [0.1, 0.15) is 36.1 Å². The van der Waals surface area contributed by atoms with Crippen molar-refractivity contribution in [1.82, 2.24) is 0 Å². The lowest BCUT2D eigenvalue weighted by Crippen LogP contribution is -2.10. The first-order valence-electron chi connectivity index (χ1n) is 4.97. The molecular weight excluding hydrogens is 170 g/mol. The molecule has 1 atom stereocenters. The number of nitrogens with two attached hydrogens (primary N) is 1. The maximum atomic E-state index is 6.07. The van der Waals surface area contributed by atoms with E-state index in [0.29, 0.717) is 0 Å². The van der Waals surface area contributed by atoms with E-state index >= 15 is 0 Å². The van der Waals surface area contributed by atoms with Crippen LogP contribution in [-0.2, 0) is 0 Å². The van der Waals surface area contributed by atoms with E-state index in [2.05, 4.69) is 38.6 Å². The molecule has 0 spiro atoms. The molecule has 0 heterocycles. The van der Waals surface area contributed by atoms with Crippen LogP contribution in [0.5, 0.6) is 0 Å². The molecule has 0 aliphatic carbocycles. The highest BCUT2D eigenvalue weighted by molar-refractivity contribution is 5.31. The molecule has 1 rings (SSSR count). The van der Waals surface area contributed by atoms with E-state index in [1.54, 1.807) is 0 Å². The van der Waals surface area contributed by atoms with Crippen molar-refractivity contribution in [3.63, 3.8) is 0 Å². The Morgan fingerprint density at radius 3 is 2.21 bits per heavy atom. The first-order valence-corrected chi connectivity index (χ1v) is 4.97. The van der Waals surface area contributed by atoms with Gasteiger partial charge in [-0.3, -0.25) is 0 Å². The monoisotopic (exact) mass is 189 g/mol. The van der Waals surface area contributed by atoms with Crippen LogP contribution < -0.4 is 5.73 Å². The molecule has 1 aromatic rings. The Hall–Kier alpha value is -1.08. The maximum absolute atomic E-state index is 6.07. The number of hydrogen-bond acceptors (Lipinski definition) is 1. The van der Waals surface area contributed by atoms with Gasteiger partial charge in [-0.25, -0.2) is 0 Å². The van der Waals surface area contributed by atoms with Crippen LogP contribution in [0.15, 0.2) is 30.4 Å². The summed E-state index contributed by atoms with van der Waals surface area (Å²) in [5.41, 5.74) is 11.0. The first kappa shape index (κ1) is 11.0. The van der Waals surface area contributed by atoms with Crippen LogP contribution in [0.3, 0.4) is 0 Å². The Morgan fingerprint density at radius 2 is 1.79 bits per heavy atom. The van der Waals surface area contributed by atoms with Crippen molar-refractivity contribution < 1.29 is 0 Å².